The Morgan fingerprint density at radius 3 is 2.50 bits per heavy atom. The molecule has 0 aliphatic heterocycles. The molecule has 1 aromatic carbocycles. The largest absolute Gasteiger partial charge is 0.494 e. The summed E-state index contributed by atoms with van der Waals surface area (Å²) in [4.78, 5) is 0. The highest BCUT2D eigenvalue weighted by molar-refractivity contribution is 5.20. The van der Waals surface area contributed by atoms with Crippen molar-refractivity contribution in [2.75, 3.05) is 6.61 Å². The molecule has 1 fully saturated rings. The third kappa shape index (κ3) is 2.26. The highest BCUT2D eigenvalue weighted by atomic mass is 16.5. The molecule has 0 amide bonds. The van der Waals surface area contributed by atoms with Crippen LogP contribution in [0.3, 0.4) is 0 Å². The third-order valence-electron chi connectivity index (χ3n) is 2.96. The highest BCUT2D eigenvalue weighted by Gasteiger charge is 2.31. The summed E-state index contributed by atoms with van der Waals surface area (Å²) in [5.41, 5.74) is 6.17. The van der Waals surface area contributed by atoms with Crippen LogP contribution in [0, 0.1) is 0 Å². The normalized spacial score (nSPS) is 18.6. The van der Waals surface area contributed by atoms with Crippen molar-refractivity contribution in [2.24, 2.45) is 5.73 Å². The quantitative estimate of drug-likeness (QED) is 0.792. The van der Waals surface area contributed by atoms with Gasteiger partial charge >= 0.3 is 0 Å². The minimum Gasteiger partial charge on any atom is -0.494 e. The number of hydrogen-bond donors (Lipinski definition) is 1. The molecule has 0 saturated heterocycles. The monoisotopic (exact) mass is 191 g/mol. The molecule has 0 unspecified atom stereocenters. The lowest BCUT2D eigenvalue weighted by molar-refractivity contribution is 0.183. The number of rotatable bonds is 4. The van der Waals surface area contributed by atoms with Crippen LogP contribution >= 0.6 is 0 Å². The fourth-order valence-corrected chi connectivity index (χ4v) is 1.77. The summed E-state index contributed by atoms with van der Waals surface area (Å²) >= 11 is 0. The summed E-state index contributed by atoms with van der Waals surface area (Å²) in [6, 6.07) is 9.91. The van der Waals surface area contributed by atoms with E-state index < -0.39 is 0 Å². The molecule has 0 bridgehead atoms. The van der Waals surface area contributed by atoms with Crippen molar-refractivity contribution in [3.8, 4) is 5.75 Å². The molecule has 2 heteroatoms. The summed E-state index contributed by atoms with van der Waals surface area (Å²) in [6.45, 7) is 0.737. The zero-order valence-corrected chi connectivity index (χ0v) is 8.41. The molecule has 0 spiro atoms. The maximum atomic E-state index is 6.09. The molecule has 76 valence electrons. The van der Waals surface area contributed by atoms with Crippen molar-refractivity contribution in [1.82, 2.24) is 0 Å². The second-order valence-electron chi connectivity index (χ2n) is 4.13. The van der Waals surface area contributed by atoms with Crippen molar-refractivity contribution in [3.05, 3.63) is 30.3 Å². The van der Waals surface area contributed by atoms with Gasteiger partial charge in [0.05, 0.1) is 6.61 Å². The zero-order chi connectivity index (χ0) is 9.86. The zero-order valence-electron chi connectivity index (χ0n) is 8.41. The van der Waals surface area contributed by atoms with Gasteiger partial charge < -0.3 is 10.5 Å². The van der Waals surface area contributed by atoms with E-state index in [1.165, 1.54) is 6.42 Å². The van der Waals surface area contributed by atoms with Gasteiger partial charge in [-0.2, -0.15) is 0 Å². The maximum absolute atomic E-state index is 6.09. The molecular weight excluding hydrogens is 174 g/mol. The molecular formula is C12H17NO. The van der Waals surface area contributed by atoms with Crippen molar-refractivity contribution in [2.45, 2.75) is 31.2 Å². The summed E-state index contributed by atoms with van der Waals surface area (Å²) in [5.74, 6) is 0.940. The maximum Gasteiger partial charge on any atom is 0.119 e. The van der Waals surface area contributed by atoms with Gasteiger partial charge in [0.25, 0.3) is 0 Å². The number of para-hydroxylation sites is 1. The van der Waals surface area contributed by atoms with E-state index in [2.05, 4.69) is 0 Å². The summed E-state index contributed by atoms with van der Waals surface area (Å²) in [5, 5.41) is 0. The topological polar surface area (TPSA) is 35.2 Å². The van der Waals surface area contributed by atoms with Gasteiger partial charge in [0.1, 0.15) is 5.75 Å². The first-order valence-corrected chi connectivity index (χ1v) is 5.25. The van der Waals surface area contributed by atoms with E-state index in [9.17, 15) is 0 Å². The van der Waals surface area contributed by atoms with E-state index in [0.717, 1.165) is 31.6 Å². The van der Waals surface area contributed by atoms with Gasteiger partial charge in [-0.05, 0) is 37.8 Å². The number of benzene rings is 1. The SMILES string of the molecule is NC1(CCOc2ccccc2)CCC1. The molecule has 2 N–H and O–H groups in total. The minimum atomic E-state index is 0.0782. The Kier molecular flexibility index (Phi) is 2.73. The lowest BCUT2D eigenvalue weighted by atomic mass is 9.76. The second-order valence-corrected chi connectivity index (χ2v) is 4.13. The van der Waals surface area contributed by atoms with Crippen LogP contribution in [0.4, 0.5) is 0 Å². The van der Waals surface area contributed by atoms with E-state index >= 15 is 0 Å². The third-order valence-corrected chi connectivity index (χ3v) is 2.96. The van der Waals surface area contributed by atoms with E-state index in [1.807, 2.05) is 30.3 Å². The van der Waals surface area contributed by atoms with Crippen molar-refractivity contribution in [1.29, 1.82) is 0 Å². The van der Waals surface area contributed by atoms with Gasteiger partial charge in [-0.25, -0.2) is 0 Å². The van der Waals surface area contributed by atoms with Gasteiger partial charge in [-0.3, -0.25) is 0 Å². The standard InChI is InChI=1S/C12H17NO/c13-12(7-4-8-12)9-10-14-11-5-2-1-3-6-11/h1-3,5-6H,4,7-10,13H2. The fourth-order valence-electron chi connectivity index (χ4n) is 1.77. The number of ether oxygens (including phenoxy) is 1. The molecule has 1 aliphatic carbocycles. The van der Waals surface area contributed by atoms with Crippen LogP contribution in [0.15, 0.2) is 30.3 Å². The summed E-state index contributed by atoms with van der Waals surface area (Å²) in [6.07, 6.45) is 4.57. The molecule has 2 rings (SSSR count). The predicted octanol–water partition coefficient (Wildman–Crippen LogP) is 2.34. The van der Waals surface area contributed by atoms with Gasteiger partial charge in [0.2, 0.25) is 0 Å². The molecule has 0 radical (unpaired) electrons. The molecule has 1 aliphatic rings. The Bertz CT molecular complexity index is 280. The van der Waals surface area contributed by atoms with Gasteiger partial charge in [0.15, 0.2) is 0 Å². The first-order valence-electron chi connectivity index (χ1n) is 5.25. The lowest BCUT2D eigenvalue weighted by Gasteiger charge is -2.37. The number of hydrogen-bond acceptors (Lipinski definition) is 2. The van der Waals surface area contributed by atoms with Crippen LogP contribution in [0.2, 0.25) is 0 Å². The lowest BCUT2D eigenvalue weighted by Crippen LogP contribution is -2.47. The highest BCUT2D eigenvalue weighted by Crippen LogP contribution is 2.32. The van der Waals surface area contributed by atoms with Crippen LogP contribution in [0.25, 0.3) is 0 Å². The fraction of sp³-hybridized carbons (Fsp3) is 0.500. The minimum absolute atomic E-state index is 0.0782. The van der Waals surface area contributed by atoms with E-state index in [1.54, 1.807) is 0 Å². The predicted molar refractivity (Wildman–Crippen MR) is 57.3 cm³/mol. The van der Waals surface area contributed by atoms with Gasteiger partial charge in [-0.1, -0.05) is 18.2 Å². The van der Waals surface area contributed by atoms with Crippen LogP contribution in [-0.4, -0.2) is 12.1 Å². The van der Waals surface area contributed by atoms with Crippen LogP contribution < -0.4 is 10.5 Å². The smallest absolute Gasteiger partial charge is 0.119 e. The van der Waals surface area contributed by atoms with E-state index in [-0.39, 0.29) is 5.54 Å². The van der Waals surface area contributed by atoms with E-state index in [0.29, 0.717) is 0 Å². The first kappa shape index (κ1) is 9.53. The molecule has 1 saturated carbocycles. The Balaban J connectivity index is 1.73. The first-order chi connectivity index (χ1) is 6.79. The average Bonchev–Trinajstić information content (AvgIpc) is 2.17. The molecule has 0 aromatic heterocycles. The van der Waals surface area contributed by atoms with Crippen molar-refractivity contribution < 1.29 is 4.74 Å². The molecule has 0 heterocycles. The van der Waals surface area contributed by atoms with Crippen LogP contribution in [0.5, 0.6) is 5.75 Å². The molecule has 0 atom stereocenters. The van der Waals surface area contributed by atoms with Gasteiger partial charge in [-0.15, -0.1) is 0 Å². The Morgan fingerprint density at radius 1 is 1.21 bits per heavy atom. The van der Waals surface area contributed by atoms with Crippen molar-refractivity contribution in [3.63, 3.8) is 0 Å². The Hall–Kier alpha value is -1.02. The average molecular weight is 191 g/mol. The van der Waals surface area contributed by atoms with Crippen LogP contribution in [0.1, 0.15) is 25.7 Å². The summed E-state index contributed by atoms with van der Waals surface area (Å²) < 4.78 is 5.60. The Labute approximate surface area is 85.1 Å². The molecule has 2 nitrogen and oxygen atoms in total. The molecule has 14 heavy (non-hydrogen) atoms. The Morgan fingerprint density at radius 2 is 1.93 bits per heavy atom. The molecule has 1 aromatic rings. The number of nitrogens with two attached hydrogens (primary N) is 1. The van der Waals surface area contributed by atoms with E-state index in [4.69, 9.17) is 10.5 Å². The second kappa shape index (κ2) is 4.01. The summed E-state index contributed by atoms with van der Waals surface area (Å²) in [7, 11) is 0. The van der Waals surface area contributed by atoms with Crippen molar-refractivity contribution >= 4 is 0 Å². The van der Waals surface area contributed by atoms with Gasteiger partial charge in [0, 0.05) is 5.54 Å². The van der Waals surface area contributed by atoms with Crippen LogP contribution in [-0.2, 0) is 0 Å².